The molecular formula is C19H19FN4O2. The van der Waals surface area contributed by atoms with E-state index in [0.717, 1.165) is 24.9 Å². The van der Waals surface area contributed by atoms with Gasteiger partial charge in [-0.2, -0.15) is 4.98 Å². The van der Waals surface area contributed by atoms with Crippen LogP contribution in [-0.2, 0) is 6.54 Å². The molecule has 0 bridgehead atoms. The molecule has 3 aromatic rings. The van der Waals surface area contributed by atoms with Gasteiger partial charge in [-0.3, -0.25) is 4.90 Å². The Morgan fingerprint density at radius 1 is 1.27 bits per heavy atom. The van der Waals surface area contributed by atoms with Crippen molar-refractivity contribution in [3.8, 4) is 17.3 Å². The Morgan fingerprint density at radius 3 is 2.92 bits per heavy atom. The van der Waals surface area contributed by atoms with Gasteiger partial charge in [0.05, 0.1) is 13.2 Å². The zero-order valence-corrected chi connectivity index (χ0v) is 14.4. The van der Waals surface area contributed by atoms with Crippen LogP contribution in [0.4, 0.5) is 4.39 Å². The zero-order valence-electron chi connectivity index (χ0n) is 14.4. The molecule has 0 aliphatic carbocycles. The number of likely N-dealkylation sites (tertiary alicyclic amines) is 1. The number of methoxy groups -OCH3 is 1. The number of nitrogens with zero attached hydrogens (tertiary/aromatic N) is 4. The summed E-state index contributed by atoms with van der Waals surface area (Å²) in [6.45, 7) is 1.40. The minimum absolute atomic E-state index is 0.00191. The summed E-state index contributed by atoms with van der Waals surface area (Å²) in [7, 11) is 1.57. The van der Waals surface area contributed by atoms with Crippen molar-refractivity contribution in [2.75, 3.05) is 13.7 Å². The molecule has 6 nitrogen and oxygen atoms in total. The minimum atomic E-state index is -0.186. The summed E-state index contributed by atoms with van der Waals surface area (Å²) in [6.07, 6.45) is 3.58. The normalized spacial score (nSPS) is 17.5. The van der Waals surface area contributed by atoms with E-state index in [9.17, 15) is 4.39 Å². The van der Waals surface area contributed by atoms with Crippen LogP contribution in [-0.4, -0.2) is 33.7 Å². The Kier molecular flexibility index (Phi) is 4.62. The van der Waals surface area contributed by atoms with Gasteiger partial charge >= 0.3 is 0 Å². The van der Waals surface area contributed by atoms with E-state index >= 15 is 0 Å². The smallest absolute Gasteiger partial charge is 0.244 e. The van der Waals surface area contributed by atoms with E-state index in [-0.39, 0.29) is 11.9 Å². The summed E-state index contributed by atoms with van der Waals surface area (Å²) < 4.78 is 24.5. The van der Waals surface area contributed by atoms with Crippen molar-refractivity contribution in [2.24, 2.45) is 0 Å². The van der Waals surface area contributed by atoms with Gasteiger partial charge in [0, 0.05) is 29.9 Å². The topological polar surface area (TPSA) is 64.3 Å². The maximum Gasteiger partial charge on any atom is 0.244 e. The minimum Gasteiger partial charge on any atom is -0.481 e. The molecule has 0 unspecified atom stereocenters. The molecule has 0 N–H and O–H groups in total. The maximum atomic E-state index is 14.0. The molecule has 7 heteroatoms. The predicted molar refractivity (Wildman–Crippen MR) is 92.9 cm³/mol. The molecule has 3 heterocycles. The number of ether oxygens (including phenoxy) is 1. The molecule has 1 fully saturated rings. The van der Waals surface area contributed by atoms with E-state index in [2.05, 4.69) is 20.0 Å². The summed E-state index contributed by atoms with van der Waals surface area (Å²) >= 11 is 0. The van der Waals surface area contributed by atoms with Crippen molar-refractivity contribution >= 4 is 0 Å². The van der Waals surface area contributed by atoms with E-state index in [1.807, 2.05) is 18.2 Å². The van der Waals surface area contributed by atoms with Crippen molar-refractivity contribution in [2.45, 2.75) is 25.4 Å². The summed E-state index contributed by atoms with van der Waals surface area (Å²) in [5.74, 6) is 1.40. The third-order valence-corrected chi connectivity index (χ3v) is 4.63. The van der Waals surface area contributed by atoms with Crippen molar-refractivity contribution in [1.29, 1.82) is 0 Å². The first-order valence-electron chi connectivity index (χ1n) is 8.56. The highest BCUT2D eigenvalue weighted by molar-refractivity contribution is 5.53. The second-order valence-electron chi connectivity index (χ2n) is 6.27. The number of benzene rings is 1. The third kappa shape index (κ3) is 3.30. The zero-order chi connectivity index (χ0) is 17.9. The molecule has 1 saturated heterocycles. The van der Waals surface area contributed by atoms with Crippen LogP contribution in [0.25, 0.3) is 11.4 Å². The second-order valence-corrected chi connectivity index (χ2v) is 6.27. The van der Waals surface area contributed by atoms with Gasteiger partial charge in [-0.25, -0.2) is 9.37 Å². The van der Waals surface area contributed by atoms with Gasteiger partial charge in [0.25, 0.3) is 0 Å². The monoisotopic (exact) mass is 354 g/mol. The maximum absolute atomic E-state index is 14.0. The number of pyridine rings is 1. The quantitative estimate of drug-likeness (QED) is 0.697. The predicted octanol–water partition coefficient (Wildman–Crippen LogP) is 3.62. The average molecular weight is 354 g/mol. The highest BCUT2D eigenvalue weighted by Crippen LogP contribution is 2.33. The largest absolute Gasteiger partial charge is 0.481 e. The first-order valence-corrected chi connectivity index (χ1v) is 8.56. The van der Waals surface area contributed by atoms with Gasteiger partial charge in [-0.15, -0.1) is 0 Å². The van der Waals surface area contributed by atoms with Crippen LogP contribution in [0.1, 0.15) is 30.3 Å². The highest BCUT2D eigenvalue weighted by atomic mass is 19.1. The van der Waals surface area contributed by atoms with Gasteiger partial charge in [-0.1, -0.05) is 23.4 Å². The number of halogens is 1. The van der Waals surface area contributed by atoms with E-state index in [0.29, 0.717) is 29.7 Å². The number of hydrogen-bond acceptors (Lipinski definition) is 6. The van der Waals surface area contributed by atoms with Crippen molar-refractivity contribution in [3.63, 3.8) is 0 Å². The fraction of sp³-hybridized carbons (Fsp3) is 0.316. The molecule has 0 spiro atoms. The highest BCUT2D eigenvalue weighted by Gasteiger charge is 2.31. The van der Waals surface area contributed by atoms with E-state index in [1.165, 1.54) is 6.07 Å². The van der Waals surface area contributed by atoms with Crippen LogP contribution in [0.2, 0.25) is 0 Å². The molecule has 0 saturated carbocycles. The van der Waals surface area contributed by atoms with E-state index in [1.54, 1.807) is 25.4 Å². The fourth-order valence-electron chi connectivity index (χ4n) is 3.26. The molecule has 0 radical (unpaired) electrons. The summed E-state index contributed by atoms with van der Waals surface area (Å²) in [5.41, 5.74) is 1.44. The molecule has 2 aromatic heterocycles. The summed E-state index contributed by atoms with van der Waals surface area (Å²) in [4.78, 5) is 10.9. The van der Waals surface area contributed by atoms with Gasteiger partial charge in [-0.05, 0) is 31.5 Å². The molecule has 4 rings (SSSR count). The first kappa shape index (κ1) is 16.7. The van der Waals surface area contributed by atoms with Crippen LogP contribution in [0, 0.1) is 5.82 Å². The SMILES string of the molecule is COc1ccc(-c2noc([C@H]3CCCN3Cc3ccccc3F)n2)cn1. The average Bonchev–Trinajstić information content (AvgIpc) is 3.33. The third-order valence-electron chi connectivity index (χ3n) is 4.63. The molecule has 134 valence electrons. The number of hydrogen-bond donors (Lipinski definition) is 0. The molecular weight excluding hydrogens is 335 g/mol. The van der Waals surface area contributed by atoms with Crippen LogP contribution in [0.3, 0.4) is 0 Å². The summed E-state index contributed by atoms with van der Waals surface area (Å²) in [6, 6.07) is 10.5. The fourth-order valence-corrected chi connectivity index (χ4v) is 3.26. The molecule has 1 aromatic carbocycles. The molecule has 26 heavy (non-hydrogen) atoms. The summed E-state index contributed by atoms with van der Waals surface area (Å²) in [5, 5.41) is 4.08. The van der Waals surface area contributed by atoms with Crippen LogP contribution in [0.5, 0.6) is 5.88 Å². The molecule has 1 aliphatic rings. The standard InChI is InChI=1S/C19H19FN4O2/c1-25-17-9-8-13(11-21-17)18-22-19(26-23-18)16-7-4-10-24(16)12-14-5-2-3-6-15(14)20/h2-3,5-6,8-9,11,16H,4,7,10,12H2,1H3/t16-/m1/s1. The van der Waals surface area contributed by atoms with Gasteiger partial charge in [0.1, 0.15) is 5.82 Å². The van der Waals surface area contributed by atoms with Crippen LogP contribution in [0.15, 0.2) is 47.1 Å². The Bertz CT molecular complexity index is 881. The molecule has 1 atom stereocenters. The lowest BCUT2D eigenvalue weighted by Gasteiger charge is -2.21. The van der Waals surface area contributed by atoms with Crippen molar-refractivity contribution < 1.29 is 13.7 Å². The van der Waals surface area contributed by atoms with Gasteiger partial charge in [0.15, 0.2) is 0 Å². The van der Waals surface area contributed by atoms with Crippen molar-refractivity contribution in [3.05, 3.63) is 59.9 Å². The molecule has 0 amide bonds. The lowest BCUT2D eigenvalue weighted by atomic mass is 10.1. The second kappa shape index (κ2) is 7.21. The van der Waals surface area contributed by atoms with E-state index < -0.39 is 0 Å². The van der Waals surface area contributed by atoms with Gasteiger partial charge < -0.3 is 9.26 Å². The Balaban J connectivity index is 1.53. The lowest BCUT2D eigenvalue weighted by Crippen LogP contribution is -2.23. The Hall–Kier alpha value is -2.80. The number of rotatable bonds is 5. The Labute approximate surface area is 150 Å². The lowest BCUT2D eigenvalue weighted by molar-refractivity contribution is 0.199. The first-order chi connectivity index (χ1) is 12.7. The van der Waals surface area contributed by atoms with Crippen molar-refractivity contribution in [1.82, 2.24) is 20.0 Å². The van der Waals surface area contributed by atoms with Crippen LogP contribution >= 0.6 is 0 Å². The van der Waals surface area contributed by atoms with Gasteiger partial charge in [0.2, 0.25) is 17.6 Å². The Morgan fingerprint density at radius 2 is 2.15 bits per heavy atom. The molecule has 1 aliphatic heterocycles. The number of aromatic nitrogens is 3. The van der Waals surface area contributed by atoms with E-state index in [4.69, 9.17) is 9.26 Å². The van der Waals surface area contributed by atoms with Crippen LogP contribution < -0.4 is 4.74 Å².